The molecule has 6 nitrogen and oxygen atoms in total. The van der Waals surface area contributed by atoms with Crippen LogP contribution in [-0.2, 0) is 0 Å². The molecule has 0 unspecified atom stereocenters. The highest BCUT2D eigenvalue weighted by atomic mass is 35.5. The van der Waals surface area contributed by atoms with Gasteiger partial charge in [-0.1, -0.05) is 17.7 Å². The average molecular weight is 369 g/mol. The highest BCUT2D eigenvalue weighted by Crippen LogP contribution is 2.35. The highest BCUT2D eigenvalue weighted by Gasteiger charge is 2.14. The Bertz CT molecular complexity index is 978. The van der Waals surface area contributed by atoms with Crippen molar-refractivity contribution in [2.45, 2.75) is 13.8 Å². The summed E-state index contributed by atoms with van der Waals surface area (Å²) in [6, 6.07) is 13.2. The molecule has 1 aromatic heterocycles. The normalized spacial score (nSPS) is 12.1. The van der Waals surface area contributed by atoms with Crippen molar-refractivity contribution >= 4 is 34.7 Å². The number of hydrogen-bond donors (Lipinski definition) is 2. The zero-order chi connectivity index (χ0) is 18.1. The molecular weight excluding hydrogens is 352 g/mol. The molecular formula is C19H17ClN4O2. The third-order valence-electron chi connectivity index (χ3n) is 3.95. The van der Waals surface area contributed by atoms with Crippen LogP contribution in [0.1, 0.15) is 11.3 Å². The predicted molar refractivity (Wildman–Crippen MR) is 102 cm³/mol. The number of benzene rings is 2. The Morgan fingerprint density at radius 1 is 0.923 bits per heavy atom. The number of nitrogens with zero attached hydrogens (tertiary/aromatic N) is 2. The van der Waals surface area contributed by atoms with E-state index in [2.05, 4.69) is 20.6 Å². The van der Waals surface area contributed by atoms with Crippen molar-refractivity contribution in [1.82, 2.24) is 9.97 Å². The summed E-state index contributed by atoms with van der Waals surface area (Å²) in [5, 5.41) is 7.17. The van der Waals surface area contributed by atoms with Gasteiger partial charge in [0.2, 0.25) is 12.7 Å². The molecule has 0 atom stereocenters. The summed E-state index contributed by atoms with van der Waals surface area (Å²) in [6.45, 7) is 4.17. The fourth-order valence-corrected chi connectivity index (χ4v) is 2.83. The standard InChI is InChI=1S/C19H17ClN4O2/c1-11-3-4-13(20)8-15(11)23-18-7-12(2)21-19(24-18)22-14-5-6-16-17(9-14)26-10-25-16/h3-9H,10H2,1-2H3,(H2,21,22,23,24). The Labute approximate surface area is 156 Å². The largest absolute Gasteiger partial charge is 0.454 e. The molecule has 0 radical (unpaired) electrons. The molecule has 0 saturated heterocycles. The van der Waals surface area contributed by atoms with Gasteiger partial charge in [-0.3, -0.25) is 0 Å². The minimum atomic E-state index is 0.243. The molecule has 0 aliphatic carbocycles. The maximum Gasteiger partial charge on any atom is 0.231 e. The first-order chi connectivity index (χ1) is 12.6. The number of aromatic nitrogens is 2. The lowest BCUT2D eigenvalue weighted by molar-refractivity contribution is 0.174. The second-order valence-electron chi connectivity index (χ2n) is 6.00. The molecule has 2 aromatic carbocycles. The van der Waals surface area contributed by atoms with Crippen molar-refractivity contribution in [3.05, 3.63) is 58.7 Å². The summed E-state index contributed by atoms with van der Waals surface area (Å²) in [5.74, 6) is 2.62. The van der Waals surface area contributed by atoms with Crippen molar-refractivity contribution in [2.75, 3.05) is 17.4 Å². The molecule has 0 amide bonds. The van der Waals surface area contributed by atoms with Crippen LogP contribution >= 0.6 is 11.6 Å². The van der Waals surface area contributed by atoms with Crippen LogP contribution in [0.2, 0.25) is 5.02 Å². The van der Waals surface area contributed by atoms with E-state index >= 15 is 0 Å². The van der Waals surface area contributed by atoms with Gasteiger partial charge in [-0.2, -0.15) is 4.98 Å². The van der Waals surface area contributed by atoms with Crippen molar-refractivity contribution in [3.63, 3.8) is 0 Å². The molecule has 0 saturated carbocycles. The van der Waals surface area contributed by atoms with Crippen LogP contribution in [-0.4, -0.2) is 16.8 Å². The number of fused-ring (bicyclic) bond motifs is 1. The molecule has 2 heterocycles. The third-order valence-corrected chi connectivity index (χ3v) is 4.18. The van der Waals surface area contributed by atoms with Crippen LogP contribution in [0.5, 0.6) is 11.5 Å². The van der Waals surface area contributed by atoms with Crippen molar-refractivity contribution in [2.24, 2.45) is 0 Å². The van der Waals surface area contributed by atoms with Crippen LogP contribution in [0, 0.1) is 13.8 Å². The van der Waals surface area contributed by atoms with Gasteiger partial charge in [0.1, 0.15) is 5.82 Å². The topological polar surface area (TPSA) is 68.3 Å². The number of rotatable bonds is 4. The van der Waals surface area contributed by atoms with Gasteiger partial charge in [-0.05, 0) is 43.7 Å². The lowest BCUT2D eigenvalue weighted by Crippen LogP contribution is -2.03. The Kier molecular flexibility index (Phi) is 4.26. The average Bonchev–Trinajstić information content (AvgIpc) is 3.05. The van der Waals surface area contributed by atoms with E-state index in [4.69, 9.17) is 21.1 Å². The van der Waals surface area contributed by atoms with Gasteiger partial charge < -0.3 is 20.1 Å². The molecule has 0 fully saturated rings. The van der Waals surface area contributed by atoms with E-state index in [-0.39, 0.29) is 6.79 Å². The van der Waals surface area contributed by atoms with Crippen LogP contribution in [0.4, 0.5) is 23.1 Å². The summed E-state index contributed by atoms with van der Waals surface area (Å²) in [5.41, 5.74) is 3.65. The number of aryl methyl sites for hydroxylation is 2. The van der Waals surface area contributed by atoms with Crippen molar-refractivity contribution in [3.8, 4) is 11.5 Å². The second kappa shape index (κ2) is 6.72. The van der Waals surface area contributed by atoms with Gasteiger partial charge >= 0.3 is 0 Å². The lowest BCUT2D eigenvalue weighted by Gasteiger charge is -2.12. The van der Waals surface area contributed by atoms with Crippen LogP contribution < -0.4 is 20.1 Å². The first kappa shape index (κ1) is 16.5. The van der Waals surface area contributed by atoms with E-state index in [0.717, 1.165) is 28.4 Å². The van der Waals surface area contributed by atoms with E-state index in [0.29, 0.717) is 22.5 Å². The molecule has 132 valence electrons. The minimum absolute atomic E-state index is 0.243. The number of nitrogens with one attached hydrogen (secondary N) is 2. The third kappa shape index (κ3) is 3.50. The number of halogens is 1. The fourth-order valence-electron chi connectivity index (χ4n) is 2.66. The van der Waals surface area contributed by atoms with Crippen molar-refractivity contribution in [1.29, 1.82) is 0 Å². The Hall–Kier alpha value is -2.99. The number of hydrogen-bond acceptors (Lipinski definition) is 6. The maximum absolute atomic E-state index is 6.09. The summed E-state index contributed by atoms with van der Waals surface area (Å²) >= 11 is 6.09. The number of ether oxygens (including phenoxy) is 2. The molecule has 0 spiro atoms. The van der Waals surface area contributed by atoms with Crippen LogP contribution in [0.25, 0.3) is 0 Å². The molecule has 4 rings (SSSR count). The Morgan fingerprint density at radius 3 is 2.65 bits per heavy atom. The van der Waals surface area contributed by atoms with E-state index in [1.807, 2.05) is 56.3 Å². The quantitative estimate of drug-likeness (QED) is 0.678. The monoisotopic (exact) mass is 368 g/mol. The zero-order valence-corrected chi connectivity index (χ0v) is 15.1. The molecule has 1 aliphatic heterocycles. The predicted octanol–water partition coefficient (Wildman–Crippen LogP) is 4.96. The second-order valence-corrected chi connectivity index (χ2v) is 6.43. The van der Waals surface area contributed by atoms with Crippen molar-refractivity contribution < 1.29 is 9.47 Å². The van der Waals surface area contributed by atoms with E-state index in [9.17, 15) is 0 Å². The first-order valence-corrected chi connectivity index (χ1v) is 8.50. The summed E-state index contributed by atoms with van der Waals surface area (Å²) in [4.78, 5) is 8.98. The minimum Gasteiger partial charge on any atom is -0.454 e. The fraction of sp³-hybridized carbons (Fsp3) is 0.158. The van der Waals surface area contributed by atoms with Gasteiger partial charge in [-0.15, -0.1) is 0 Å². The van der Waals surface area contributed by atoms with E-state index < -0.39 is 0 Å². The van der Waals surface area contributed by atoms with Crippen LogP contribution in [0.15, 0.2) is 42.5 Å². The van der Waals surface area contributed by atoms with Gasteiger partial charge in [0.15, 0.2) is 11.5 Å². The molecule has 0 bridgehead atoms. The highest BCUT2D eigenvalue weighted by molar-refractivity contribution is 6.30. The van der Waals surface area contributed by atoms with Gasteiger partial charge in [0.05, 0.1) is 0 Å². The lowest BCUT2D eigenvalue weighted by atomic mass is 10.2. The zero-order valence-electron chi connectivity index (χ0n) is 14.3. The van der Waals surface area contributed by atoms with Crippen LogP contribution in [0.3, 0.4) is 0 Å². The van der Waals surface area contributed by atoms with E-state index in [1.54, 1.807) is 0 Å². The molecule has 2 N–H and O–H groups in total. The molecule has 26 heavy (non-hydrogen) atoms. The van der Waals surface area contributed by atoms with Gasteiger partial charge in [0, 0.05) is 34.2 Å². The first-order valence-electron chi connectivity index (χ1n) is 8.12. The van der Waals surface area contributed by atoms with Gasteiger partial charge in [0.25, 0.3) is 0 Å². The number of anilines is 4. The van der Waals surface area contributed by atoms with Gasteiger partial charge in [-0.25, -0.2) is 4.98 Å². The van der Waals surface area contributed by atoms with E-state index in [1.165, 1.54) is 0 Å². The smallest absolute Gasteiger partial charge is 0.231 e. The molecule has 7 heteroatoms. The summed E-state index contributed by atoms with van der Waals surface area (Å²) in [6.07, 6.45) is 0. The SMILES string of the molecule is Cc1cc(Nc2cc(Cl)ccc2C)nc(Nc2ccc3c(c2)OCO3)n1. The summed E-state index contributed by atoms with van der Waals surface area (Å²) in [7, 11) is 0. The maximum atomic E-state index is 6.09. The Balaban J connectivity index is 1.59. The Morgan fingerprint density at radius 2 is 1.77 bits per heavy atom. The molecule has 1 aliphatic rings. The molecule has 3 aromatic rings. The summed E-state index contributed by atoms with van der Waals surface area (Å²) < 4.78 is 10.7.